The Bertz CT molecular complexity index is 642. The first-order chi connectivity index (χ1) is 11.7. The number of amides is 2. The van der Waals surface area contributed by atoms with E-state index in [9.17, 15) is 9.59 Å². The molecule has 2 amide bonds. The van der Waals surface area contributed by atoms with E-state index in [1.165, 1.54) is 4.90 Å². The van der Waals surface area contributed by atoms with Crippen molar-refractivity contribution in [3.8, 4) is 0 Å². The van der Waals surface area contributed by atoms with Crippen LogP contribution in [-0.2, 0) is 4.79 Å². The van der Waals surface area contributed by atoms with Crippen LogP contribution in [0.2, 0.25) is 0 Å². The molecule has 1 unspecified atom stereocenters. The van der Waals surface area contributed by atoms with Gasteiger partial charge in [-0.3, -0.25) is 9.59 Å². The van der Waals surface area contributed by atoms with E-state index in [0.717, 1.165) is 12.1 Å². The fourth-order valence-electron chi connectivity index (χ4n) is 3.01. The third-order valence-electron chi connectivity index (χ3n) is 4.35. The summed E-state index contributed by atoms with van der Waals surface area (Å²) in [5.41, 5.74) is 1.27. The Morgan fingerprint density at radius 1 is 1.28 bits per heavy atom. The predicted molar refractivity (Wildman–Crippen MR) is 97.8 cm³/mol. The maximum absolute atomic E-state index is 12.5. The monoisotopic (exact) mass is 347 g/mol. The van der Waals surface area contributed by atoms with Crippen molar-refractivity contribution in [2.45, 2.75) is 32.6 Å². The molecule has 0 saturated carbocycles. The fourth-order valence-corrected chi connectivity index (χ4v) is 3.01. The van der Waals surface area contributed by atoms with Crippen LogP contribution in [-0.4, -0.2) is 72.9 Å². The third-order valence-corrected chi connectivity index (χ3v) is 4.35. The highest BCUT2D eigenvalue weighted by Crippen LogP contribution is 2.30. The minimum atomic E-state index is -0.104. The van der Waals surface area contributed by atoms with E-state index < -0.39 is 0 Å². The van der Waals surface area contributed by atoms with Gasteiger partial charge in [-0.05, 0) is 12.3 Å². The average molecular weight is 347 g/mol. The maximum atomic E-state index is 12.5. The van der Waals surface area contributed by atoms with Gasteiger partial charge in [-0.15, -0.1) is 0 Å². The van der Waals surface area contributed by atoms with Gasteiger partial charge in [-0.25, -0.2) is 9.97 Å². The van der Waals surface area contributed by atoms with E-state index in [4.69, 9.17) is 0 Å². The van der Waals surface area contributed by atoms with Crippen LogP contribution in [0.5, 0.6) is 0 Å². The highest BCUT2D eigenvalue weighted by molar-refractivity contribution is 5.95. The fraction of sp³-hybridized carbons (Fsp3) is 0.667. The van der Waals surface area contributed by atoms with Gasteiger partial charge in [0.1, 0.15) is 0 Å². The Hall–Kier alpha value is -2.18. The predicted octanol–water partition coefficient (Wildman–Crippen LogP) is 1.61. The Kier molecular flexibility index (Phi) is 5.98. The number of hydrogen-bond donors (Lipinski definition) is 0. The number of aromatic nitrogens is 2. The topological polar surface area (TPSA) is 69.6 Å². The number of anilines is 1. The smallest absolute Gasteiger partial charge is 0.256 e. The Balaban J connectivity index is 2.29. The largest absolute Gasteiger partial charge is 0.347 e. The van der Waals surface area contributed by atoms with Crippen molar-refractivity contribution in [1.29, 1.82) is 0 Å². The van der Waals surface area contributed by atoms with Crippen LogP contribution in [0.1, 0.15) is 48.7 Å². The van der Waals surface area contributed by atoms with Crippen molar-refractivity contribution >= 4 is 17.8 Å². The van der Waals surface area contributed by atoms with Crippen LogP contribution in [0.3, 0.4) is 0 Å². The van der Waals surface area contributed by atoms with Gasteiger partial charge in [0.25, 0.3) is 5.91 Å². The Morgan fingerprint density at radius 2 is 1.96 bits per heavy atom. The summed E-state index contributed by atoms with van der Waals surface area (Å²) >= 11 is 0. The molecule has 0 aromatic carbocycles. The number of rotatable bonds is 5. The molecule has 1 aliphatic rings. The Labute approximate surface area is 150 Å². The molecule has 7 heteroatoms. The SMILES string of the molecule is CC(C)CC(=O)N1CCC(c2nc(N(C)C)ncc2C(=O)N(C)C)C1. The average Bonchev–Trinajstić information content (AvgIpc) is 3.02. The molecule has 7 nitrogen and oxygen atoms in total. The van der Waals surface area contributed by atoms with Crippen molar-refractivity contribution in [3.63, 3.8) is 0 Å². The van der Waals surface area contributed by atoms with Crippen molar-refractivity contribution in [2.75, 3.05) is 46.2 Å². The molecule has 1 aromatic rings. The van der Waals surface area contributed by atoms with Gasteiger partial charge in [0.2, 0.25) is 11.9 Å². The molecule has 0 radical (unpaired) electrons. The van der Waals surface area contributed by atoms with Crippen LogP contribution in [0.4, 0.5) is 5.95 Å². The van der Waals surface area contributed by atoms with Crippen molar-refractivity contribution in [1.82, 2.24) is 19.8 Å². The van der Waals surface area contributed by atoms with E-state index in [2.05, 4.69) is 9.97 Å². The number of likely N-dealkylation sites (tertiary alicyclic amines) is 1. The first kappa shape index (κ1) is 19.1. The summed E-state index contributed by atoms with van der Waals surface area (Å²) in [7, 11) is 7.19. The molecule has 25 heavy (non-hydrogen) atoms. The molecule has 0 bridgehead atoms. The first-order valence-corrected chi connectivity index (χ1v) is 8.74. The molecule has 0 aliphatic carbocycles. The molecule has 0 spiro atoms. The number of nitrogens with zero attached hydrogens (tertiary/aromatic N) is 5. The minimum Gasteiger partial charge on any atom is -0.347 e. The highest BCUT2D eigenvalue weighted by Gasteiger charge is 2.32. The minimum absolute atomic E-state index is 0.0664. The number of carbonyl (C=O) groups excluding carboxylic acids is 2. The van der Waals surface area contributed by atoms with Gasteiger partial charge in [0, 0.05) is 59.8 Å². The summed E-state index contributed by atoms with van der Waals surface area (Å²) in [4.78, 5) is 39.1. The molecule has 0 N–H and O–H groups in total. The summed E-state index contributed by atoms with van der Waals surface area (Å²) in [5.74, 6) is 1.07. The van der Waals surface area contributed by atoms with E-state index in [-0.39, 0.29) is 17.7 Å². The molecule has 1 aromatic heterocycles. The Morgan fingerprint density at radius 3 is 2.52 bits per heavy atom. The van der Waals surface area contributed by atoms with Gasteiger partial charge in [-0.1, -0.05) is 13.8 Å². The third kappa shape index (κ3) is 4.46. The maximum Gasteiger partial charge on any atom is 0.256 e. The normalized spacial score (nSPS) is 17.1. The quantitative estimate of drug-likeness (QED) is 0.809. The molecular formula is C18H29N5O2. The molecular weight excluding hydrogens is 318 g/mol. The lowest BCUT2D eigenvalue weighted by Gasteiger charge is -2.20. The summed E-state index contributed by atoms with van der Waals surface area (Å²) in [6.07, 6.45) is 2.99. The van der Waals surface area contributed by atoms with Crippen LogP contribution < -0.4 is 4.90 Å². The van der Waals surface area contributed by atoms with Crippen LogP contribution in [0, 0.1) is 5.92 Å². The summed E-state index contributed by atoms with van der Waals surface area (Å²) < 4.78 is 0. The summed E-state index contributed by atoms with van der Waals surface area (Å²) in [6.45, 7) is 5.43. The lowest BCUT2D eigenvalue weighted by molar-refractivity contribution is -0.130. The zero-order valence-corrected chi connectivity index (χ0v) is 16.1. The van der Waals surface area contributed by atoms with Crippen molar-refractivity contribution < 1.29 is 9.59 Å². The van der Waals surface area contributed by atoms with Gasteiger partial charge in [0.05, 0.1) is 11.3 Å². The van der Waals surface area contributed by atoms with Crippen LogP contribution >= 0.6 is 0 Å². The van der Waals surface area contributed by atoms with E-state index in [0.29, 0.717) is 36.9 Å². The van der Waals surface area contributed by atoms with Gasteiger partial charge in [-0.2, -0.15) is 0 Å². The van der Waals surface area contributed by atoms with Crippen molar-refractivity contribution in [2.24, 2.45) is 5.92 Å². The molecule has 1 atom stereocenters. The zero-order chi connectivity index (χ0) is 18.7. The summed E-state index contributed by atoms with van der Waals surface area (Å²) in [5, 5.41) is 0. The highest BCUT2D eigenvalue weighted by atomic mass is 16.2. The zero-order valence-electron chi connectivity index (χ0n) is 16.1. The molecule has 138 valence electrons. The van der Waals surface area contributed by atoms with Gasteiger partial charge < -0.3 is 14.7 Å². The second kappa shape index (κ2) is 7.80. The van der Waals surface area contributed by atoms with E-state index >= 15 is 0 Å². The lowest BCUT2D eigenvalue weighted by Crippen LogP contribution is -2.30. The second-order valence-electron chi connectivity index (χ2n) is 7.49. The lowest BCUT2D eigenvalue weighted by atomic mass is 9.99. The molecule has 1 aliphatic heterocycles. The van der Waals surface area contributed by atoms with Gasteiger partial charge >= 0.3 is 0 Å². The second-order valence-corrected chi connectivity index (χ2v) is 7.49. The number of carbonyl (C=O) groups is 2. The molecule has 2 rings (SSSR count). The standard InChI is InChI=1S/C18H29N5O2/c1-12(2)9-15(24)23-8-7-13(11-23)16-14(17(25)21(3)4)10-19-18(20-16)22(5)6/h10,12-13H,7-9,11H2,1-6H3. The van der Waals surface area contributed by atoms with Crippen molar-refractivity contribution in [3.05, 3.63) is 17.5 Å². The van der Waals surface area contributed by atoms with E-state index in [1.54, 1.807) is 20.3 Å². The van der Waals surface area contributed by atoms with E-state index in [1.807, 2.05) is 37.7 Å². The van der Waals surface area contributed by atoms with Crippen LogP contribution in [0.15, 0.2) is 6.20 Å². The van der Waals surface area contributed by atoms with Gasteiger partial charge in [0.15, 0.2) is 0 Å². The number of hydrogen-bond acceptors (Lipinski definition) is 5. The molecule has 2 heterocycles. The van der Waals surface area contributed by atoms with Crippen LogP contribution in [0.25, 0.3) is 0 Å². The first-order valence-electron chi connectivity index (χ1n) is 8.74. The molecule has 1 saturated heterocycles. The molecule has 1 fully saturated rings. The summed E-state index contributed by atoms with van der Waals surface area (Å²) in [6, 6.07) is 0.